The number of amides is 2. The molecule has 0 aromatic rings. The molecule has 0 spiro atoms. The fourth-order valence-electron chi connectivity index (χ4n) is 1.69. The number of primary amides is 1. The Hall–Kier alpha value is -1.63. The maximum absolute atomic E-state index is 11.7. The lowest BCUT2D eigenvalue weighted by Crippen LogP contribution is -2.45. The summed E-state index contributed by atoms with van der Waals surface area (Å²) in [7, 11) is 0. The third-order valence-electron chi connectivity index (χ3n) is 2.59. The summed E-state index contributed by atoms with van der Waals surface area (Å²) >= 11 is 0. The minimum Gasteiger partial charge on any atom is -0.480 e. The predicted molar refractivity (Wildman–Crippen MR) is 56.9 cm³/mol. The van der Waals surface area contributed by atoms with Gasteiger partial charge in [0.05, 0.1) is 25.0 Å². The van der Waals surface area contributed by atoms with Gasteiger partial charge in [-0.2, -0.15) is 0 Å². The van der Waals surface area contributed by atoms with E-state index in [-0.39, 0.29) is 18.6 Å². The Bertz CT molecular complexity index is 331. The maximum atomic E-state index is 11.7. The number of hydrogen-bond donors (Lipinski definition) is 3. The van der Waals surface area contributed by atoms with E-state index in [1.165, 1.54) is 0 Å². The molecule has 0 aliphatic carbocycles. The molecule has 2 unspecified atom stereocenters. The van der Waals surface area contributed by atoms with E-state index in [0.29, 0.717) is 6.42 Å². The van der Waals surface area contributed by atoms with Crippen LogP contribution in [0.2, 0.25) is 0 Å². The number of carboxylic acid groups (broad SMARTS) is 1. The third-order valence-corrected chi connectivity index (χ3v) is 2.59. The van der Waals surface area contributed by atoms with Gasteiger partial charge in [-0.1, -0.05) is 0 Å². The molecule has 7 nitrogen and oxygen atoms in total. The Morgan fingerprint density at radius 2 is 2.18 bits per heavy atom. The number of nitrogens with one attached hydrogen (secondary N) is 1. The molecule has 1 rings (SSSR count). The summed E-state index contributed by atoms with van der Waals surface area (Å²) in [5, 5.41) is 11.1. The van der Waals surface area contributed by atoms with Gasteiger partial charge < -0.3 is 20.9 Å². The van der Waals surface area contributed by atoms with Crippen molar-refractivity contribution < 1.29 is 24.2 Å². The molecule has 1 fully saturated rings. The maximum Gasteiger partial charge on any atom is 0.326 e. The van der Waals surface area contributed by atoms with E-state index < -0.39 is 30.2 Å². The fourth-order valence-corrected chi connectivity index (χ4v) is 1.69. The first kappa shape index (κ1) is 13.4. The van der Waals surface area contributed by atoms with Gasteiger partial charge in [0.15, 0.2) is 0 Å². The van der Waals surface area contributed by atoms with E-state index in [1.807, 2.05) is 6.92 Å². The molecule has 1 aliphatic rings. The highest BCUT2D eigenvalue weighted by Crippen LogP contribution is 2.19. The highest BCUT2D eigenvalue weighted by molar-refractivity contribution is 5.89. The Balaban J connectivity index is 2.52. The van der Waals surface area contributed by atoms with Gasteiger partial charge in [-0.05, 0) is 13.3 Å². The zero-order chi connectivity index (χ0) is 13.0. The summed E-state index contributed by atoms with van der Waals surface area (Å²) in [6, 6.07) is -1.27. The Morgan fingerprint density at radius 3 is 2.59 bits per heavy atom. The first-order chi connectivity index (χ1) is 7.90. The lowest BCUT2D eigenvalue weighted by atomic mass is 10.0. The van der Waals surface area contributed by atoms with Gasteiger partial charge in [0.25, 0.3) is 0 Å². The minimum absolute atomic E-state index is 0.00910. The number of rotatable bonds is 5. The summed E-state index contributed by atoms with van der Waals surface area (Å²) in [5.41, 5.74) is 4.90. The van der Waals surface area contributed by atoms with E-state index in [9.17, 15) is 14.4 Å². The zero-order valence-electron chi connectivity index (χ0n) is 9.51. The molecule has 17 heavy (non-hydrogen) atoms. The third kappa shape index (κ3) is 4.03. The van der Waals surface area contributed by atoms with Crippen molar-refractivity contribution in [1.82, 2.24) is 5.32 Å². The van der Waals surface area contributed by atoms with Crippen molar-refractivity contribution in [3.05, 3.63) is 0 Å². The van der Waals surface area contributed by atoms with Crippen LogP contribution < -0.4 is 11.1 Å². The molecule has 1 saturated heterocycles. The highest BCUT2D eigenvalue weighted by atomic mass is 16.5. The first-order valence-electron chi connectivity index (χ1n) is 5.33. The lowest BCUT2D eigenvalue weighted by Gasteiger charge is -2.15. The molecule has 3 atom stereocenters. The van der Waals surface area contributed by atoms with Gasteiger partial charge in [-0.25, -0.2) is 4.79 Å². The zero-order valence-corrected chi connectivity index (χ0v) is 9.51. The molecular formula is C10H16N2O5. The standard InChI is InChI=1S/C10H16N2O5/c1-5-2-6(4-17-5)9(14)12-7(10(15)16)3-8(11)13/h5-7H,2-4H2,1H3,(H2,11,13)(H,12,14)(H,15,16)/t5?,6?,7-/m1/s1. The molecule has 0 aromatic carbocycles. The van der Waals surface area contributed by atoms with Gasteiger partial charge in [0, 0.05) is 0 Å². The normalized spacial score (nSPS) is 25.2. The molecular weight excluding hydrogens is 228 g/mol. The van der Waals surface area contributed by atoms with Gasteiger partial charge >= 0.3 is 5.97 Å². The van der Waals surface area contributed by atoms with Crippen LogP contribution in [0.3, 0.4) is 0 Å². The van der Waals surface area contributed by atoms with Crippen molar-refractivity contribution in [3.8, 4) is 0 Å². The second-order valence-corrected chi connectivity index (χ2v) is 4.15. The molecule has 1 heterocycles. The number of aliphatic carboxylic acids is 1. The molecule has 2 amide bonds. The van der Waals surface area contributed by atoms with E-state index in [1.54, 1.807) is 0 Å². The van der Waals surface area contributed by atoms with Crippen LogP contribution in [0.5, 0.6) is 0 Å². The molecule has 0 radical (unpaired) electrons. The molecule has 0 bridgehead atoms. The average molecular weight is 244 g/mol. The van der Waals surface area contributed by atoms with Crippen LogP contribution in [0.4, 0.5) is 0 Å². The van der Waals surface area contributed by atoms with Crippen molar-refractivity contribution in [2.45, 2.75) is 31.9 Å². The highest BCUT2D eigenvalue weighted by Gasteiger charge is 2.31. The first-order valence-corrected chi connectivity index (χ1v) is 5.33. The number of ether oxygens (including phenoxy) is 1. The molecule has 0 saturated carbocycles. The van der Waals surface area contributed by atoms with Crippen LogP contribution in [-0.2, 0) is 19.1 Å². The number of hydrogen-bond acceptors (Lipinski definition) is 4. The van der Waals surface area contributed by atoms with Crippen molar-refractivity contribution in [3.63, 3.8) is 0 Å². The van der Waals surface area contributed by atoms with E-state index in [4.69, 9.17) is 15.6 Å². The predicted octanol–water partition coefficient (Wildman–Crippen LogP) is -1.14. The number of nitrogens with two attached hydrogens (primary N) is 1. The molecule has 4 N–H and O–H groups in total. The average Bonchev–Trinajstić information content (AvgIpc) is 2.63. The fraction of sp³-hybridized carbons (Fsp3) is 0.700. The smallest absolute Gasteiger partial charge is 0.326 e. The van der Waals surface area contributed by atoms with Crippen molar-refractivity contribution in [1.29, 1.82) is 0 Å². The van der Waals surface area contributed by atoms with Crippen LogP contribution in [0.15, 0.2) is 0 Å². The summed E-state index contributed by atoms with van der Waals surface area (Å²) in [6.45, 7) is 2.11. The van der Waals surface area contributed by atoms with E-state index in [2.05, 4.69) is 5.32 Å². The van der Waals surface area contributed by atoms with Gasteiger partial charge in [-0.3, -0.25) is 9.59 Å². The SMILES string of the molecule is CC1CC(C(=O)N[C@H](CC(N)=O)C(=O)O)CO1. The number of carboxylic acids is 1. The summed E-state index contributed by atoms with van der Waals surface area (Å²) in [6.07, 6.45) is 0.129. The molecule has 96 valence electrons. The summed E-state index contributed by atoms with van der Waals surface area (Å²) in [4.78, 5) is 33.1. The second kappa shape index (κ2) is 5.62. The van der Waals surface area contributed by atoms with Gasteiger partial charge in [0.1, 0.15) is 6.04 Å². The quantitative estimate of drug-likeness (QED) is 0.564. The Labute approximate surface area is 98.3 Å². The molecule has 1 aliphatic heterocycles. The number of carbonyl (C=O) groups excluding carboxylic acids is 2. The van der Waals surface area contributed by atoms with Crippen LogP contribution in [0.25, 0.3) is 0 Å². The molecule has 0 aromatic heterocycles. The Kier molecular flexibility index (Phi) is 4.45. The van der Waals surface area contributed by atoms with Crippen LogP contribution in [0, 0.1) is 5.92 Å². The summed E-state index contributed by atoms with van der Waals surface area (Å²) in [5.74, 6) is -2.82. The topological polar surface area (TPSA) is 119 Å². The monoisotopic (exact) mass is 244 g/mol. The van der Waals surface area contributed by atoms with Crippen molar-refractivity contribution >= 4 is 17.8 Å². The summed E-state index contributed by atoms with van der Waals surface area (Å²) < 4.78 is 5.21. The Morgan fingerprint density at radius 1 is 1.53 bits per heavy atom. The largest absolute Gasteiger partial charge is 0.480 e. The van der Waals surface area contributed by atoms with Crippen molar-refractivity contribution in [2.75, 3.05) is 6.61 Å². The lowest BCUT2D eigenvalue weighted by molar-refractivity contribution is -0.143. The van der Waals surface area contributed by atoms with Gasteiger partial charge in [-0.15, -0.1) is 0 Å². The van der Waals surface area contributed by atoms with Crippen LogP contribution >= 0.6 is 0 Å². The second-order valence-electron chi connectivity index (χ2n) is 4.15. The van der Waals surface area contributed by atoms with Gasteiger partial charge in [0.2, 0.25) is 11.8 Å². The van der Waals surface area contributed by atoms with Crippen LogP contribution in [0.1, 0.15) is 19.8 Å². The van der Waals surface area contributed by atoms with E-state index in [0.717, 1.165) is 0 Å². The van der Waals surface area contributed by atoms with Crippen LogP contribution in [-0.4, -0.2) is 41.6 Å². The van der Waals surface area contributed by atoms with E-state index >= 15 is 0 Å². The molecule has 7 heteroatoms. The minimum atomic E-state index is -1.27. The number of carbonyl (C=O) groups is 3. The van der Waals surface area contributed by atoms with Crippen molar-refractivity contribution in [2.24, 2.45) is 11.7 Å².